The number of halogens is 10. The monoisotopic (exact) mass is 988 g/mol. The standard InChI is InChI=1S/C21H15F5N6.C15H11F4N5S.C7H8FN.3CH4/c22-14-5-1-12(2-6-14)9-28-20-31-18-17(19(32-20)29-11-21(24,25)26)30-16(10-27-18)13-3-7-15(23)8-4-13;1-25-14-23-12-11(13(24-14)21-7-15(17,18)19)22-10(6-20-12)8-2-4-9(16)5-3-8;8-7-3-1-6(5-9)2-4-7;;;/h1-8,10H,9,11H2,(H2,27,28,29,31,32);2-6H,7H2,1H3,(H,20,21,23,24);1-4H,5,9H2;3*1H4. The van der Waals surface area contributed by atoms with Crippen molar-refractivity contribution in [2.75, 3.05) is 35.3 Å². The number of anilines is 3. The molecular weight excluding hydrogens is 943 g/mol. The highest BCUT2D eigenvalue weighted by Crippen LogP contribution is 2.28. The Labute approximate surface area is 394 Å². The van der Waals surface area contributed by atoms with Crippen molar-refractivity contribution in [2.24, 2.45) is 5.73 Å². The van der Waals surface area contributed by atoms with Gasteiger partial charge in [0.25, 0.3) is 0 Å². The van der Waals surface area contributed by atoms with E-state index < -0.39 is 37.1 Å². The average Bonchev–Trinajstić information content (AvgIpc) is 3.30. The van der Waals surface area contributed by atoms with Gasteiger partial charge in [0.1, 0.15) is 36.4 Å². The summed E-state index contributed by atoms with van der Waals surface area (Å²) in [5, 5.41) is 7.64. The maximum Gasteiger partial charge on any atom is 0.405 e. The van der Waals surface area contributed by atoms with Crippen molar-refractivity contribution < 1.29 is 43.9 Å². The molecule has 4 aromatic carbocycles. The predicted molar refractivity (Wildman–Crippen MR) is 250 cm³/mol. The molecule has 8 rings (SSSR count). The van der Waals surface area contributed by atoms with Gasteiger partial charge in [0, 0.05) is 24.2 Å². The lowest BCUT2D eigenvalue weighted by atomic mass is 10.1. The number of nitrogens with one attached hydrogen (secondary N) is 3. The van der Waals surface area contributed by atoms with Crippen LogP contribution in [0.15, 0.2) is 115 Å². The lowest BCUT2D eigenvalue weighted by molar-refractivity contribution is -0.116. The second kappa shape index (κ2) is 25.2. The van der Waals surface area contributed by atoms with E-state index in [2.05, 4.69) is 55.8 Å². The largest absolute Gasteiger partial charge is 0.405 e. The molecule has 0 aliphatic heterocycles. The number of nitrogens with zero attached hydrogens (tertiary/aromatic N) is 8. The van der Waals surface area contributed by atoms with Gasteiger partial charge in [0.2, 0.25) is 5.95 Å². The SMILES string of the molecule is C.C.C.CSc1nc(NCC(F)(F)F)c2nc(-c3ccc(F)cc3)cnc2n1.Fc1ccc(CNc2nc(NCC(F)(F)F)c3nc(-c4ccc(F)cc4)cnc3n2)cc1.NCc1ccc(F)cc1. The number of benzene rings is 4. The number of alkyl halides is 6. The molecule has 0 radical (unpaired) electrons. The van der Waals surface area contributed by atoms with Crippen LogP contribution in [0, 0.1) is 23.3 Å². The molecule has 0 atom stereocenters. The van der Waals surface area contributed by atoms with Crippen molar-refractivity contribution in [3.63, 3.8) is 0 Å². The van der Waals surface area contributed by atoms with Crippen LogP contribution in [0.1, 0.15) is 33.4 Å². The van der Waals surface area contributed by atoms with Crippen LogP contribution in [0.3, 0.4) is 0 Å². The van der Waals surface area contributed by atoms with Gasteiger partial charge in [-0.15, -0.1) is 0 Å². The Bertz CT molecular complexity index is 2860. The Morgan fingerprint density at radius 3 is 1.29 bits per heavy atom. The fourth-order valence-electron chi connectivity index (χ4n) is 5.50. The lowest BCUT2D eigenvalue weighted by Crippen LogP contribution is -2.22. The first-order valence-electron chi connectivity index (χ1n) is 19.1. The number of fused-ring (bicyclic) bond motifs is 2. The smallest absolute Gasteiger partial charge is 0.359 e. The molecule has 0 amide bonds. The van der Waals surface area contributed by atoms with E-state index in [1.807, 2.05) is 0 Å². The summed E-state index contributed by atoms with van der Waals surface area (Å²) in [6.45, 7) is -1.90. The first-order chi connectivity index (χ1) is 31.4. The zero-order valence-electron chi connectivity index (χ0n) is 34.1. The van der Waals surface area contributed by atoms with Gasteiger partial charge in [-0.2, -0.15) is 36.3 Å². The summed E-state index contributed by atoms with van der Waals surface area (Å²) in [7, 11) is 0. The third-order valence-electron chi connectivity index (χ3n) is 8.68. The van der Waals surface area contributed by atoms with Gasteiger partial charge in [0.05, 0.1) is 23.8 Å². The van der Waals surface area contributed by atoms with Gasteiger partial charge < -0.3 is 21.7 Å². The number of hydrogen-bond donors (Lipinski definition) is 4. The van der Waals surface area contributed by atoms with E-state index in [4.69, 9.17) is 5.73 Å². The topological polar surface area (TPSA) is 165 Å². The summed E-state index contributed by atoms with van der Waals surface area (Å²) in [5.74, 6) is -1.63. The Balaban J connectivity index is 0.000000303. The molecule has 366 valence electrons. The molecule has 8 aromatic rings. The third-order valence-corrected chi connectivity index (χ3v) is 9.23. The maximum absolute atomic E-state index is 13.2. The van der Waals surface area contributed by atoms with Crippen LogP contribution in [0.4, 0.5) is 61.5 Å². The quantitative estimate of drug-likeness (QED) is 0.0550. The number of rotatable bonds is 11. The highest BCUT2D eigenvalue weighted by Gasteiger charge is 2.29. The Hall–Kier alpha value is -7.27. The van der Waals surface area contributed by atoms with E-state index in [1.54, 1.807) is 30.5 Å². The minimum atomic E-state index is -4.49. The summed E-state index contributed by atoms with van der Waals surface area (Å²) < 4.78 is 127. The van der Waals surface area contributed by atoms with Gasteiger partial charge in [-0.25, -0.2) is 47.5 Å². The normalized spacial score (nSPS) is 10.8. The van der Waals surface area contributed by atoms with E-state index in [0.29, 0.717) is 29.1 Å². The minimum absolute atomic E-state index is 0. The summed E-state index contributed by atoms with van der Waals surface area (Å²) in [6.07, 6.45) is -4.37. The van der Waals surface area contributed by atoms with Gasteiger partial charge >= 0.3 is 12.4 Å². The van der Waals surface area contributed by atoms with Crippen LogP contribution in [-0.4, -0.2) is 71.6 Å². The predicted octanol–water partition coefficient (Wildman–Crippen LogP) is 12.1. The number of aromatic nitrogens is 8. The Kier molecular flexibility index (Phi) is 20.5. The summed E-state index contributed by atoms with van der Waals surface area (Å²) >= 11 is 1.18. The lowest BCUT2D eigenvalue weighted by Gasteiger charge is -2.13. The molecule has 5 N–H and O–H groups in total. The Morgan fingerprint density at radius 1 is 0.493 bits per heavy atom. The van der Waals surface area contributed by atoms with Crippen molar-refractivity contribution in [3.8, 4) is 22.5 Å². The molecular formula is C46H46F10N12S. The number of thioether (sulfide) groups is 1. The summed E-state index contributed by atoms with van der Waals surface area (Å²) in [6, 6.07) is 22.8. The first-order valence-corrected chi connectivity index (χ1v) is 20.4. The van der Waals surface area contributed by atoms with Gasteiger partial charge in [-0.05, 0) is 90.2 Å². The van der Waals surface area contributed by atoms with Crippen LogP contribution in [0.5, 0.6) is 0 Å². The van der Waals surface area contributed by atoms with Crippen molar-refractivity contribution in [1.82, 2.24) is 39.9 Å². The van der Waals surface area contributed by atoms with Crippen LogP contribution in [-0.2, 0) is 13.1 Å². The zero-order chi connectivity index (χ0) is 47.4. The first kappa shape index (κ1) is 56.1. The average molecular weight is 989 g/mol. The van der Waals surface area contributed by atoms with Crippen LogP contribution < -0.4 is 21.7 Å². The van der Waals surface area contributed by atoms with Crippen LogP contribution >= 0.6 is 11.8 Å². The summed E-state index contributed by atoms with van der Waals surface area (Å²) in [5.41, 5.74) is 9.15. The highest BCUT2D eigenvalue weighted by atomic mass is 32.2. The fourth-order valence-corrected chi connectivity index (χ4v) is 5.86. The second-order valence-electron chi connectivity index (χ2n) is 13.6. The van der Waals surface area contributed by atoms with E-state index in [1.165, 1.54) is 97.0 Å². The number of hydrogen-bond acceptors (Lipinski definition) is 13. The molecule has 12 nitrogen and oxygen atoms in total. The molecule has 0 fully saturated rings. The van der Waals surface area contributed by atoms with Crippen molar-refractivity contribution in [2.45, 2.75) is 52.9 Å². The highest BCUT2D eigenvalue weighted by molar-refractivity contribution is 7.98. The third kappa shape index (κ3) is 16.8. The van der Waals surface area contributed by atoms with E-state index in [9.17, 15) is 43.9 Å². The Morgan fingerprint density at radius 2 is 0.884 bits per heavy atom. The van der Waals surface area contributed by atoms with Gasteiger partial charge in [-0.1, -0.05) is 58.3 Å². The molecule has 0 saturated carbocycles. The van der Waals surface area contributed by atoms with Gasteiger partial charge in [0.15, 0.2) is 39.1 Å². The van der Waals surface area contributed by atoms with E-state index in [-0.39, 0.29) is 85.5 Å². The molecule has 69 heavy (non-hydrogen) atoms. The minimum Gasteiger partial charge on any atom is -0.359 e. The molecule has 4 heterocycles. The molecule has 0 aliphatic rings. The molecule has 0 aliphatic carbocycles. The van der Waals surface area contributed by atoms with Crippen molar-refractivity contribution in [3.05, 3.63) is 144 Å². The molecule has 4 aromatic heterocycles. The zero-order valence-corrected chi connectivity index (χ0v) is 34.9. The fraction of sp³-hybridized carbons (Fsp3) is 0.217. The van der Waals surface area contributed by atoms with Gasteiger partial charge in [-0.3, -0.25) is 0 Å². The summed E-state index contributed by atoms with van der Waals surface area (Å²) in [4.78, 5) is 33.5. The number of nitrogens with two attached hydrogens (primary N) is 1. The molecule has 23 heteroatoms. The van der Waals surface area contributed by atoms with E-state index in [0.717, 1.165) is 11.1 Å². The maximum atomic E-state index is 13.2. The second-order valence-corrected chi connectivity index (χ2v) is 14.3. The van der Waals surface area contributed by atoms with Crippen molar-refractivity contribution >= 4 is 51.7 Å². The van der Waals surface area contributed by atoms with Crippen molar-refractivity contribution in [1.29, 1.82) is 0 Å². The van der Waals surface area contributed by atoms with Crippen LogP contribution in [0.2, 0.25) is 0 Å². The molecule has 0 spiro atoms. The van der Waals surface area contributed by atoms with E-state index >= 15 is 0 Å². The molecule has 0 bridgehead atoms. The molecule has 0 saturated heterocycles. The van der Waals surface area contributed by atoms with Crippen LogP contribution in [0.25, 0.3) is 44.8 Å². The molecule has 0 unspecified atom stereocenters.